The monoisotopic (exact) mass is 303 g/mol. The van der Waals surface area contributed by atoms with Gasteiger partial charge in [-0.1, -0.05) is 6.07 Å². The van der Waals surface area contributed by atoms with Crippen molar-refractivity contribution in [1.29, 1.82) is 0 Å². The fraction of sp³-hybridized carbons (Fsp3) is 0.214. The lowest BCUT2D eigenvalue weighted by Gasteiger charge is -2.09. The zero-order chi connectivity index (χ0) is 14.6. The Morgan fingerprint density at radius 2 is 2.10 bits per heavy atom. The lowest BCUT2D eigenvalue weighted by atomic mass is 10.2. The van der Waals surface area contributed by atoms with Gasteiger partial charge in [0.2, 0.25) is 5.28 Å². The van der Waals surface area contributed by atoms with Crippen LogP contribution in [0.4, 0.5) is 10.2 Å². The lowest BCUT2D eigenvalue weighted by Crippen LogP contribution is -2.05. The molecule has 4 rings (SSSR count). The highest BCUT2D eigenvalue weighted by Crippen LogP contribution is 2.44. The van der Waals surface area contributed by atoms with Gasteiger partial charge in [0.25, 0.3) is 0 Å². The first-order chi connectivity index (χ1) is 10.1. The fourth-order valence-electron chi connectivity index (χ4n) is 2.54. The standard InChI is InChI=1S/C14H11ClFN5/c15-14-18-6-8-11(16)12(7-4-5-7)21(13(8)20-14)10-3-1-2-9(17)19-10/h1-3,6-7H,4-5H2,(H2,17,19). The van der Waals surface area contributed by atoms with Gasteiger partial charge in [-0.15, -0.1) is 0 Å². The number of nitrogen functional groups attached to an aromatic ring is 1. The summed E-state index contributed by atoms with van der Waals surface area (Å²) in [6.07, 6.45) is 3.32. The number of pyridine rings is 1. The molecule has 7 heteroatoms. The van der Waals surface area contributed by atoms with Gasteiger partial charge in [0, 0.05) is 12.1 Å². The van der Waals surface area contributed by atoms with Gasteiger partial charge in [-0.3, -0.25) is 4.57 Å². The topological polar surface area (TPSA) is 69.6 Å². The molecule has 0 unspecified atom stereocenters. The van der Waals surface area contributed by atoms with E-state index < -0.39 is 0 Å². The first kappa shape index (κ1) is 12.5. The maximum Gasteiger partial charge on any atom is 0.224 e. The molecule has 0 aromatic carbocycles. The van der Waals surface area contributed by atoms with Crippen LogP contribution in [0.3, 0.4) is 0 Å². The van der Waals surface area contributed by atoms with Crippen molar-refractivity contribution in [2.24, 2.45) is 0 Å². The van der Waals surface area contributed by atoms with E-state index in [2.05, 4.69) is 15.0 Å². The van der Waals surface area contributed by atoms with Crippen molar-refractivity contribution >= 4 is 28.5 Å². The molecule has 0 aliphatic heterocycles. The number of fused-ring (bicyclic) bond motifs is 1. The highest BCUT2D eigenvalue weighted by atomic mass is 35.5. The van der Waals surface area contributed by atoms with Crippen LogP contribution < -0.4 is 5.73 Å². The molecule has 3 heterocycles. The maximum atomic E-state index is 14.7. The minimum atomic E-state index is -0.298. The summed E-state index contributed by atoms with van der Waals surface area (Å²) in [7, 11) is 0. The summed E-state index contributed by atoms with van der Waals surface area (Å²) in [6, 6.07) is 5.24. The molecule has 3 aromatic rings. The molecule has 1 fully saturated rings. The Kier molecular flexibility index (Phi) is 2.62. The third-order valence-electron chi connectivity index (χ3n) is 3.60. The van der Waals surface area contributed by atoms with E-state index in [1.807, 2.05) is 0 Å². The van der Waals surface area contributed by atoms with Crippen LogP contribution in [0, 0.1) is 5.82 Å². The second kappa shape index (κ2) is 4.39. The molecule has 1 saturated carbocycles. The van der Waals surface area contributed by atoms with Gasteiger partial charge in [-0.2, -0.15) is 4.98 Å². The van der Waals surface area contributed by atoms with Gasteiger partial charge >= 0.3 is 0 Å². The predicted octanol–water partition coefficient (Wildman–Crippen LogP) is 3.07. The van der Waals surface area contributed by atoms with E-state index in [-0.39, 0.29) is 17.0 Å². The Labute approximate surface area is 124 Å². The summed E-state index contributed by atoms with van der Waals surface area (Å²) in [6.45, 7) is 0. The molecule has 0 bridgehead atoms. The van der Waals surface area contributed by atoms with Crippen LogP contribution in [0.1, 0.15) is 24.5 Å². The van der Waals surface area contributed by atoms with Crippen molar-refractivity contribution in [3.63, 3.8) is 0 Å². The Morgan fingerprint density at radius 1 is 1.29 bits per heavy atom. The summed E-state index contributed by atoms with van der Waals surface area (Å²) in [5.74, 6) is 0.798. The molecule has 0 spiro atoms. The number of hydrogen-bond acceptors (Lipinski definition) is 4. The van der Waals surface area contributed by atoms with Crippen LogP contribution in [-0.2, 0) is 0 Å². The second-order valence-electron chi connectivity index (χ2n) is 5.11. The minimum absolute atomic E-state index is 0.0764. The summed E-state index contributed by atoms with van der Waals surface area (Å²) in [5, 5.41) is 0.429. The average Bonchev–Trinajstić information content (AvgIpc) is 3.24. The third-order valence-corrected chi connectivity index (χ3v) is 3.78. The van der Waals surface area contributed by atoms with E-state index >= 15 is 0 Å². The van der Waals surface area contributed by atoms with Crippen molar-refractivity contribution in [2.75, 3.05) is 5.73 Å². The molecule has 0 saturated heterocycles. The van der Waals surface area contributed by atoms with Gasteiger partial charge < -0.3 is 5.73 Å². The van der Waals surface area contributed by atoms with E-state index in [1.165, 1.54) is 6.20 Å². The zero-order valence-corrected chi connectivity index (χ0v) is 11.7. The number of nitrogens with two attached hydrogens (primary N) is 1. The van der Waals surface area contributed by atoms with Crippen molar-refractivity contribution in [1.82, 2.24) is 19.5 Å². The molecular formula is C14H11ClFN5. The number of nitrogens with zero attached hydrogens (tertiary/aromatic N) is 4. The van der Waals surface area contributed by atoms with Gasteiger partial charge in [0.05, 0.1) is 11.1 Å². The zero-order valence-electron chi connectivity index (χ0n) is 10.9. The number of hydrogen-bond donors (Lipinski definition) is 1. The lowest BCUT2D eigenvalue weighted by molar-refractivity contribution is 0.613. The number of rotatable bonds is 2. The Balaban J connectivity index is 2.10. The van der Waals surface area contributed by atoms with Crippen LogP contribution in [0.5, 0.6) is 0 Å². The van der Waals surface area contributed by atoms with Crippen LogP contribution in [0.25, 0.3) is 16.9 Å². The van der Waals surface area contributed by atoms with Crippen LogP contribution in [0.15, 0.2) is 24.4 Å². The van der Waals surface area contributed by atoms with Gasteiger partial charge in [0.1, 0.15) is 11.6 Å². The van der Waals surface area contributed by atoms with Crippen molar-refractivity contribution in [3.8, 4) is 5.82 Å². The van der Waals surface area contributed by atoms with Gasteiger partial charge in [-0.05, 0) is 36.6 Å². The molecule has 0 radical (unpaired) electrons. The smallest absolute Gasteiger partial charge is 0.224 e. The quantitative estimate of drug-likeness (QED) is 0.739. The maximum absolute atomic E-state index is 14.7. The highest BCUT2D eigenvalue weighted by molar-refractivity contribution is 6.28. The predicted molar refractivity (Wildman–Crippen MR) is 78.0 cm³/mol. The molecule has 106 valence electrons. The molecule has 0 amide bonds. The van der Waals surface area contributed by atoms with Crippen molar-refractivity contribution < 1.29 is 4.39 Å². The van der Waals surface area contributed by atoms with Gasteiger partial charge in [-0.25, -0.2) is 14.4 Å². The Bertz CT molecular complexity index is 856. The largest absolute Gasteiger partial charge is 0.384 e. The minimum Gasteiger partial charge on any atom is -0.384 e. The van der Waals surface area contributed by atoms with Crippen LogP contribution in [0.2, 0.25) is 5.28 Å². The van der Waals surface area contributed by atoms with E-state index in [9.17, 15) is 4.39 Å². The molecule has 2 N–H and O–H groups in total. The van der Waals surface area contributed by atoms with Crippen LogP contribution in [-0.4, -0.2) is 19.5 Å². The molecule has 5 nitrogen and oxygen atoms in total. The third kappa shape index (κ3) is 1.94. The van der Waals surface area contributed by atoms with E-state index in [4.69, 9.17) is 17.3 Å². The normalized spacial score (nSPS) is 14.8. The average molecular weight is 304 g/mol. The van der Waals surface area contributed by atoms with Crippen molar-refractivity contribution in [2.45, 2.75) is 18.8 Å². The molecule has 21 heavy (non-hydrogen) atoms. The molecule has 1 aliphatic carbocycles. The number of halogens is 2. The van der Waals surface area contributed by atoms with E-state index in [1.54, 1.807) is 22.8 Å². The summed E-state index contributed by atoms with van der Waals surface area (Å²) < 4.78 is 16.4. The Morgan fingerprint density at radius 3 is 2.81 bits per heavy atom. The summed E-state index contributed by atoms with van der Waals surface area (Å²) in [5.41, 5.74) is 6.75. The van der Waals surface area contributed by atoms with E-state index in [0.29, 0.717) is 28.4 Å². The SMILES string of the molecule is Nc1cccc(-n2c(C3CC3)c(F)c3cnc(Cl)nc32)n1. The summed E-state index contributed by atoms with van der Waals surface area (Å²) >= 11 is 5.86. The molecule has 0 atom stereocenters. The molecule has 3 aromatic heterocycles. The summed E-state index contributed by atoms with van der Waals surface area (Å²) in [4.78, 5) is 12.3. The second-order valence-corrected chi connectivity index (χ2v) is 5.44. The highest BCUT2D eigenvalue weighted by Gasteiger charge is 2.33. The molecule has 1 aliphatic rings. The molecular weight excluding hydrogens is 293 g/mol. The number of aromatic nitrogens is 4. The number of anilines is 1. The first-order valence-corrected chi connectivity index (χ1v) is 6.98. The van der Waals surface area contributed by atoms with E-state index in [0.717, 1.165) is 12.8 Å². The van der Waals surface area contributed by atoms with Crippen molar-refractivity contribution in [3.05, 3.63) is 41.2 Å². The fourth-order valence-corrected chi connectivity index (χ4v) is 2.67. The Hall–Kier alpha value is -2.21. The first-order valence-electron chi connectivity index (χ1n) is 6.60. The van der Waals surface area contributed by atoms with Gasteiger partial charge in [0.15, 0.2) is 11.5 Å². The van der Waals surface area contributed by atoms with Crippen LogP contribution >= 0.6 is 11.6 Å².